The number of nitrogen functional groups attached to an aromatic ring is 1. The van der Waals surface area contributed by atoms with Crippen LogP contribution in [0.2, 0.25) is 0 Å². The summed E-state index contributed by atoms with van der Waals surface area (Å²) in [5, 5.41) is 9.00. The number of rotatable bonds is 4. The number of carbonyl (C=O) groups is 1. The third kappa shape index (κ3) is 3.40. The monoisotopic (exact) mass is 278 g/mol. The van der Waals surface area contributed by atoms with Crippen LogP contribution in [0.25, 0.3) is 0 Å². The maximum atomic E-state index is 11.3. The Morgan fingerprint density at radius 1 is 1.25 bits per heavy atom. The highest BCUT2D eigenvalue weighted by atomic mass is 16.3. The average Bonchev–Trinajstić information content (AvgIpc) is 2.65. The molecule has 6 heteroatoms. The summed E-state index contributed by atoms with van der Waals surface area (Å²) < 4.78 is 0. The normalized spacial score (nSPS) is 16.9. The van der Waals surface area contributed by atoms with Gasteiger partial charge in [0.1, 0.15) is 0 Å². The van der Waals surface area contributed by atoms with Crippen molar-refractivity contribution in [2.75, 3.05) is 50.0 Å². The van der Waals surface area contributed by atoms with Gasteiger partial charge in [-0.1, -0.05) is 0 Å². The Morgan fingerprint density at radius 2 is 2.05 bits per heavy atom. The van der Waals surface area contributed by atoms with Crippen LogP contribution in [0.15, 0.2) is 18.2 Å². The molecule has 1 aromatic rings. The maximum absolute atomic E-state index is 11.3. The molecule has 1 amide bonds. The Labute approximate surface area is 119 Å². The third-order valence-electron chi connectivity index (χ3n) is 3.67. The number of aliphatic hydroxyl groups excluding tert-OH is 1. The molecule has 5 N–H and O–H groups in total. The van der Waals surface area contributed by atoms with Crippen LogP contribution >= 0.6 is 0 Å². The van der Waals surface area contributed by atoms with Gasteiger partial charge in [-0.3, -0.25) is 9.69 Å². The molecule has 1 aliphatic rings. The zero-order valence-electron chi connectivity index (χ0n) is 11.6. The number of anilines is 2. The van der Waals surface area contributed by atoms with Gasteiger partial charge in [-0.05, 0) is 31.2 Å². The molecule has 0 unspecified atom stereocenters. The second-order valence-corrected chi connectivity index (χ2v) is 5.04. The van der Waals surface area contributed by atoms with Crippen molar-refractivity contribution in [2.45, 2.75) is 6.42 Å². The van der Waals surface area contributed by atoms with Crippen LogP contribution in [0.1, 0.15) is 16.8 Å². The summed E-state index contributed by atoms with van der Waals surface area (Å²) in [6.45, 7) is 4.56. The summed E-state index contributed by atoms with van der Waals surface area (Å²) in [5.41, 5.74) is 12.8. The predicted molar refractivity (Wildman–Crippen MR) is 79.7 cm³/mol. The second kappa shape index (κ2) is 6.58. The van der Waals surface area contributed by atoms with Crippen LogP contribution in [-0.2, 0) is 0 Å². The van der Waals surface area contributed by atoms with E-state index in [0.29, 0.717) is 17.8 Å². The van der Waals surface area contributed by atoms with Gasteiger partial charge >= 0.3 is 0 Å². The van der Waals surface area contributed by atoms with E-state index in [1.54, 1.807) is 12.1 Å². The van der Waals surface area contributed by atoms with E-state index >= 15 is 0 Å². The first-order valence-corrected chi connectivity index (χ1v) is 6.89. The first-order valence-electron chi connectivity index (χ1n) is 6.89. The number of nitrogens with zero attached hydrogens (tertiary/aromatic N) is 2. The van der Waals surface area contributed by atoms with Crippen LogP contribution in [0.5, 0.6) is 0 Å². The zero-order valence-corrected chi connectivity index (χ0v) is 11.6. The summed E-state index contributed by atoms with van der Waals surface area (Å²) in [5.74, 6) is -0.499. The zero-order chi connectivity index (χ0) is 14.5. The standard InChI is InChI=1S/C14H22N4O2/c15-13-3-2-11(10-12(13)14(16)20)18-5-1-4-17(6-7-18)8-9-19/h2-3,10,19H,1,4-9,15H2,(H2,16,20). The average molecular weight is 278 g/mol. The molecule has 1 aliphatic heterocycles. The van der Waals surface area contributed by atoms with E-state index in [9.17, 15) is 4.79 Å². The van der Waals surface area contributed by atoms with E-state index < -0.39 is 5.91 Å². The lowest BCUT2D eigenvalue weighted by Gasteiger charge is -2.24. The number of amides is 1. The molecule has 1 saturated heterocycles. The minimum absolute atomic E-state index is 0.188. The number of nitrogens with two attached hydrogens (primary N) is 2. The molecule has 1 heterocycles. The summed E-state index contributed by atoms with van der Waals surface area (Å²) in [7, 11) is 0. The fourth-order valence-corrected chi connectivity index (χ4v) is 2.55. The third-order valence-corrected chi connectivity index (χ3v) is 3.67. The van der Waals surface area contributed by atoms with Crippen molar-refractivity contribution in [3.05, 3.63) is 23.8 Å². The molecule has 0 aliphatic carbocycles. The lowest BCUT2D eigenvalue weighted by atomic mass is 10.1. The van der Waals surface area contributed by atoms with Crippen molar-refractivity contribution in [3.8, 4) is 0 Å². The molecule has 0 radical (unpaired) electrons. The van der Waals surface area contributed by atoms with E-state index in [1.165, 1.54) is 0 Å². The van der Waals surface area contributed by atoms with Gasteiger partial charge in [-0.25, -0.2) is 0 Å². The van der Waals surface area contributed by atoms with E-state index in [-0.39, 0.29) is 6.61 Å². The number of benzene rings is 1. The highest BCUT2D eigenvalue weighted by Crippen LogP contribution is 2.22. The van der Waals surface area contributed by atoms with Crippen molar-refractivity contribution in [3.63, 3.8) is 0 Å². The Balaban J connectivity index is 2.11. The van der Waals surface area contributed by atoms with Crippen LogP contribution in [0.3, 0.4) is 0 Å². The summed E-state index contributed by atoms with van der Waals surface area (Å²) in [6, 6.07) is 5.41. The van der Waals surface area contributed by atoms with Gasteiger partial charge in [0.25, 0.3) is 5.91 Å². The molecule has 20 heavy (non-hydrogen) atoms. The van der Waals surface area contributed by atoms with Gasteiger partial charge in [0.05, 0.1) is 12.2 Å². The fraction of sp³-hybridized carbons (Fsp3) is 0.500. The van der Waals surface area contributed by atoms with Crippen LogP contribution < -0.4 is 16.4 Å². The maximum Gasteiger partial charge on any atom is 0.250 e. The molecule has 0 aromatic heterocycles. The lowest BCUT2D eigenvalue weighted by molar-refractivity contribution is 0.100. The van der Waals surface area contributed by atoms with Crippen LogP contribution in [0, 0.1) is 0 Å². The number of aliphatic hydroxyl groups is 1. The van der Waals surface area contributed by atoms with E-state index in [0.717, 1.165) is 38.3 Å². The molecule has 110 valence electrons. The highest BCUT2D eigenvalue weighted by Gasteiger charge is 2.16. The smallest absolute Gasteiger partial charge is 0.250 e. The number of β-amino-alcohol motifs (C(OH)–C–C–N with tert-alkyl or cyclic N) is 1. The van der Waals surface area contributed by atoms with E-state index in [1.807, 2.05) is 6.07 Å². The quantitative estimate of drug-likeness (QED) is 0.667. The largest absolute Gasteiger partial charge is 0.398 e. The summed E-state index contributed by atoms with van der Waals surface area (Å²) >= 11 is 0. The van der Waals surface area contributed by atoms with Crippen LogP contribution in [-0.4, -0.2) is 55.2 Å². The predicted octanol–water partition coefficient (Wildman–Crippen LogP) is -0.128. The van der Waals surface area contributed by atoms with E-state index in [2.05, 4.69) is 9.80 Å². The molecular weight excluding hydrogens is 256 g/mol. The molecule has 1 fully saturated rings. The SMILES string of the molecule is NC(=O)c1cc(N2CCCN(CCO)CC2)ccc1N. The number of hydrogen-bond acceptors (Lipinski definition) is 5. The number of primary amides is 1. The summed E-state index contributed by atoms with van der Waals surface area (Å²) in [4.78, 5) is 15.8. The van der Waals surface area contributed by atoms with Crippen molar-refractivity contribution in [2.24, 2.45) is 5.73 Å². The van der Waals surface area contributed by atoms with Gasteiger partial charge < -0.3 is 21.5 Å². The number of carbonyl (C=O) groups excluding carboxylic acids is 1. The molecule has 0 saturated carbocycles. The van der Waals surface area contributed by atoms with Crippen LogP contribution in [0.4, 0.5) is 11.4 Å². The Morgan fingerprint density at radius 3 is 2.75 bits per heavy atom. The van der Waals surface area contributed by atoms with Crippen molar-refractivity contribution < 1.29 is 9.90 Å². The minimum atomic E-state index is -0.499. The Kier molecular flexibility index (Phi) is 4.81. The van der Waals surface area contributed by atoms with Crippen molar-refractivity contribution >= 4 is 17.3 Å². The molecular formula is C14H22N4O2. The lowest BCUT2D eigenvalue weighted by Crippen LogP contribution is -2.32. The Hall–Kier alpha value is -1.79. The fourth-order valence-electron chi connectivity index (χ4n) is 2.55. The molecule has 2 rings (SSSR count). The molecule has 1 aromatic carbocycles. The van der Waals surface area contributed by atoms with Gasteiger partial charge in [-0.15, -0.1) is 0 Å². The molecule has 0 spiro atoms. The number of hydrogen-bond donors (Lipinski definition) is 3. The van der Waals surface area contributed by atoms with Crippen molar-refractivity contribution in [1.29, 1.82) is 0 Å². The highest BCUT2D eigenvalue weighted by molar-refractivity contribution is 5.99. The topological polar surface area (TPSA) is 95.8 Å². The minimum Gasteiger partial charge on any atom is -0.398 e. The van der Waals surface area contributed by atoms with Gasteiger partial charge in [0, 0.05) is 37.6 Å². The summed E-state index contributed by atoms with van der Waals surface area (Å²) in [6.07, 6.45) is 1.02. The van der Waals surface area contributed by atoms with Gasteiger partial charge in [0.15, 0.2) is 0 Å². The first kappa shape index (κ1) is 14.6. The first-order chi connectivity index (χ1) is 9.61. The van der Waals surface area contributed by atoms with Crippen molar-refractivity contribution in [1.82, 2.24) is 4.90 Å². The molecule has 0 bridgehead atoms. The Bertz CT molecular complexity index is 478. The van der Waals surface area contributed by atoms with Gasteiger partial charge in [-0.2, -0.15) is 0 Å². The van der Waals surface area contributed by atoms with E-state index in [4.69, 9.17) is 16.6 Å². The van der Waals surface area contributed by atoms with Gasteiger partial charge in [0.2, 0.25) is 0 Å². The molecule has 0 atom stereocenters. The molecule has 6 nitrogen and oxygen atoms in total. The second-order valence-electron chi connectivity index (χ2n) is 5.04.